The van der Waals surface area contributed by atoms with Crippen molar-refractivity contribution in [2.75, 3.05) is 13.1 Å². The molecule has 0 saturated heterocycles. The molecule has 0 radical (unpaired) electrons. The molecule has 0 spiro atoms. The first-order chi connectivity index (χ1) is 7.95. The summed E-state index contributed by atoms with van der Waals surface area (Å²) in [7, 11) is 0. The fourth-order valence-electron chi connectivity index (χ4n) is 1.56. The van der Waals surface area contributed by atoms with Gasteiger partial charge in [0.1, 0.15) is 0 Å². The Labute approximate surface area is 95.1 Å². The highest BCUT2D eigenvalue weighted by atomic mass is 15.3. The monoisotopic (exact) mass is 219 g/mol. The van der Waals surface area contributed by atoms with Crippen LogP contribution in [-0.4, -0.2) is 32.4 Å². The average Bonchev–Trinajstić information content (AvgIpc) is 2.96. The molecule has 2 rings (SSSR count). The minimum Gasteiger partial charge on any atom is -0.337 e. The van der Waals surface area contributed by atoms with Crippen LogP contribution in [0.15, 0.2) is 37.2 Å². The molecule has 0 aliphatic rings. The van der Waals surface area contributed by atoms with E-state index in [1.54, 1.807) is 6.20 Å². The zero-order chi connectivity index (χ0) is 11.1. The molecule has 0 aliphatic carbocycles. The Bertz CT molecular complexity index is 327. The van der Waals surface area contributed by atoms with Gasteiger partial charge in [-0.1, -0.05) is 0 Å². The molecule has 0 bridgehead atoms. The zero-order valence-corrected chi connectivity index (χ0v) is 9.29. The van der Waals surface area contributed by atoms with Crippen LogP contribution in [0.2, 0.25) is 0 Å². The van der Waals surface area contributed by atoms with Crippen molar-refractivity contribution in [2.45, 2.75) is 19.5 Å². The lowest BCUT2D eigenvalue weighted by molar-refractivity contribution is 0.528. The lowest BCUT2D eigenvalue weighted by Crippen LogP contribution is -2.22. The first-order valence-corrected chi connectivity index (χ1v) is 5.59. The van der Waals surface area contributed by atoms with E-state index in [0.29, 0.717) is 0 Å². The standard InChI is InChI=1S/C11H17N5/c1(7-15-9-5-13-11-15)3-12-6-10-16-8-2-4-14-16/h2,4-5,8-9,11-12H,1,3,6-7,10H2. The van der Waals surface area contributed by atoms with Crippen molar-refractivity contribution in [3.05, 3.63) is 37.2 Å². The molecule has 0 fully saturated rings. The minimum absolute atomic E-state index is 0.929. The number of nitrogens with zero attached hydrogens (tertiary/aromatic N) is 4. The van der Waals surface area contributed by atoms with E-state index in [2.05, 4.69) is 20.0 Å². The van der Waals surface area contributed by atoms with Gasteiger partial charge in [0.05, 0.1) is 12.9 Å². The number of aryl methyl sites for hydroxylation is 1. The minimum atomic E-state index is 0.929. The number of rotatable bonds is 7. The Balaban J connectivity index is 1.49. The van der Waals surface area contributed by atoms with Crippen LogP contribution in [0.4, 0.5) is 0 Å². The van der Waals surface area contributed by atoms with Crippen LogP contribution in [0.3, 0.4) is 0 Å². The molecule has 0 aliphatic heterocycles. The van der Waals surface area contributed by atoms with Gasteiger partial charge in [0.15, 0.2) is 0 Å². The summed E-state index contributed by atoms with van der Waals surface area (Å²) in [6, 6.07) is 1.94. The molecular formula is C11H17N5. The lowest BCUT2D eigenvalue weighted by Gasteiger charge is -2.05. The molecule has 1 N–H and O–H groups in total. The molecule has 16 heavy (non-hydrogen) atoms. The van der Waals surface area contributed by atoms with Gasteiger partial charge in [0.25, 0.3) is 0 Å². The maximum atomic E-state index is 4.14. The van der Waals surface area contributed by atoms with Gasteiger partial charge >= 0.3 is 0 Å². The van der Waals surface area contributed by atoms with Crippen molar-refractivity contribution < 1.29 is 0 Å². The summed E-state index contributed by atoms with van der Waals surface area (Å²) in [5, 5.41) is 7.53. The van der Waals surface area contributed by atoms with E-state index in [1.165, 1.54) is 0 Å². The molecule has 2 aromatic heterocycles. The van der Waals surface area contributed by atoms with Gasteiger partial charge in [0, 0.05) is 37.9 Å². The van der Waals surface area contributed by atoms with E-state index in [9.17, 15) is 0 Å². The number of hydrogen-bond acceptors (Lipinski definition) is 3. The number of aromatic nitrogens is 4. The second-order valence-electron chi connectivity index (χ2n) is 3.67. The van der Waals surface area contributed by atoms with Crippen LogP contribution >= 0.6 is 0 Å². The van der Waals surface area contributed by atoms with Gasteiger partial charge in [-0.2, -0.15) is 5.10 Å². The predicted octanol–water partition coefficient (Wildman–Crippen LogP) is 0.759. The van der Waals surface area contributed by atoms with E-state index in [4.69, 9.17) is 0 Å². The molecule has 86 valence electrons. The van der Waals surface area contributed by atoms with Gasteiger partial charge in [-0.3, -0.25) is 4.68 Å². The molecule has 0 aromatic carbocycles. The van der Waals surface area contributed by atoms with Crippen LogP contribution in [-0.2, 0) is 13.1 Å². The molecule has 5 heteroatoms. The Morgan fingerprint density at radius 3 is 2.81 bits per heavy atom. The summed E-state index contributed by atoms with van der Waals surface area (Å²) in [4.78, 5) is 4.00. The smallest absolute Gasteiger partial charge is 0.0945 e. The normalized spacial score (nSPS) is 10.8. The van der Waals surface area contributed by atoms with E-state index < -0.39 is 0 Å². The topological polar surface area (TPSA) is 47.7 Å². The Morgan fingerprint density at radius 1 is 1.06 bits per heavy atom. The predicted molar refractivity (Wildman–Crippen MR) is 61.9 cm³/mol. The molecule has 0 atom stereocenters. The van der Waals surface area contributed by atoms with Crippen molar-refractivity contribution in [1.82, 2.24) is 24.6 Å². The van der Waals surface area contributed by atoms with E-state index in [-0.39, 0.29) is 0 Å². The molecule has 0 saturated carbocycles. The quantitative estimate of drug-likeness (QED) is 0.699. The van der Waals surface area contributed by atoms with Crippen molar-refractivity contribution in [2.24, 2.45) is 0 Å². The molecule has 2 heterocycles. The highest BCUT2D eigenvalue weighted by Crippen LogP contribution is 1.89. The van der Waals surface area contributed by atoms with Crippen molar-refractivity contribution >= 4 is 0 Å². The molecule has 0 amide bonds. The number of hydrogen-bond donors (Lipinski definition) is 1. The van der Waals surface area contributed by atoms with Gasteiger partial charge in [-0.05, 0) is 19.0 Å². The highest BCUT2D eigenvalue weighted by Gasteiger charge is 1.92. The van der Waals surface area contributed by atoms with Gasteiger partial charge < -0.3 is 9.88 Å². The van der Waals surface area contributed by atoms with Crippen molar-refractivity contribution in [1.29, 1.82) is 0 Å². The van der Waals surface area contributed by atoms with Crippen LogP contribution in [0.25, 0.3) is 0 Å². The Morgan fingerprint density at radius 2 is 2.06 bits per heavy atom. The Hall–Kier alpha value is -1.62. The van der Waals surface area contributed by atoms with Gasteiger partial charge in [-0.15, -0.1) is 0 Å². The zero-order valence-electron chi connectivity index (χ0n) is 9.29. The average molecular weight is 219 g/mol. The van der Waals surface area contributed by atoms with Crippen LogP contribution < -0.4 is 5.32 Å². The maximum Gasteiger partial charge on any atom is 0.0945 e. The fourth-order valence-corrected chi connectivity index (χ4v) is 1.56. The summed E-state index contributed by atoms with van der Waals surface area (Å²) in [6.45, 7) is 3.94. The Kier molecular flexibility index (Phi) is 4.13. The van der Waals surface area contributed by atoms with E-state index in [1.807, 2.05) is 35.7 Å². The first kappa shape index (κ1) is 10.9. The molecular weight excluding hydrogens is 202 g/mol. The molecule has 5 nitrogen and oxygen atoms in total. The van der Waals surface area contributed by atoms with Gasteiger partial charge in [0.2, 0.25) is 0 Å². The molecule has 2 aromatic rings. The first-order valence-electron chi connectivity index (χ1n) is 5.59. The number of imidazole rings is 1. The summed E-state index contributed by atoms with van der Waals surface area (Å²) >= 11 is 0. The lowest BCUT2D eigenvalue weighted by atomic mass is 10.4. The van der Waals surface area contributed by atoms with Crippen LogP contribution in [0.5, 0.6) is 0 Å². The van der Waals surface area contributed by atoms with Crippen LogP contribution in [0, 0.1) is 0 Å². The third-order valence-corrected chi connectivity index (χ3v) is 2.41. The third kappa shape index (κ3) is 3.51. The summed E-state index contributed by atoms with van der Waals surface area (Å²) in [6.07, 6.45) is 10.6. The third-order valence-electron chi connectivity index (χ3n) is 2.41. The second-order valence-corrected chi connectivity index (χ2v) is 3.67. The van der Waals surface area contributed by atoms with Crippen molar-refractivity contribution in [3.8, 4) is 0 Å². The summed E-state index contributed by atoms with van der Waals surface area (Å²) in [5.74, 6) is 0. The SMILES string of the molecule is c1cnn(CCNCCCn2ccnc2)c1. The second kappa shape index (κ2) is 6.07. The molecule has 0 unspecified atom stereocenters. The van der Waals surface area contributed by atoms with Gasteiger partial charge in [-0.25, -0.2) is 4.98 Å². The maximum absolute atomic E-state index is 4.14. The number of nitrogens with one attached hydrogen (secondary N) is 1. The summed E-state index contributed by atoms with van der Waals surface area (Å²) < 4.78 is 4.03. The van der Waals surface area contributed by atoms with Crippen molar-refractivity contribution in [3.63, 3.8) is 0 Å². The van der Waals surface area contributed by atoms with E-state index >= 15 is 0 Å². The highest BCUT2D eigenvalue weighted by molar-refractivity contribution is 4.77. The fraction of sp³-hybridized carbons (Fsp3) is 0.455. The summed E-state index contributed by atoms with van der Waals surface area (Å²) in [5.41, 5.74) is 0. The largest absolute Gasteiger partial charge is 0.337 e. The van der Waals surface area contributed by atoms with Crippen LogP contribution in [0.1, 0.15) is 6.42 Å². The van der Waals surface area contributed by atoms with E-state index in [0.717, 1.165) is 32.6 Å².